The fourth-order valence-corrected chi connectivity index (χ4v) is 6.47. The third kappa shape index (κ3) is 2.75. The number of rotatable bonds is 4. The number of aliphatic hydroxyl groups excluding tert-OH is 1. The maximum atomic E-state index is 13.3. The quantitative estimate of drug-likeness (QED) is 0.749. The van der Waals surface area contributed by atoms with E-state index in [1.807, 2.05) is 0 Å². The molecule has 0 amide bonds. The monoisotopic (exact) mass is 430 g/mol. The Morgan fingerprint density at radius 2 is 1.59 bits per heavy atom. The van der Waals surface area contributed by atoms with Gasteiger partial charge >= 0.3 is 0 Å². The summed E-state index contributed by atoms with van der Waals surface area (Å²) < 4.78 is 2.22. The van der Waals surface area contributed by atoms with E-state index in [-0.39, 0.29) is 28.5 Å². The highest BCUT2D eigenvalue weighted by atomic mass is 16.3. The lowest BCUT2D eigenvalue weighted by Gasteiger charge is -2.46. The molecule has 0 fully saturated rings. The second-order valence-electron chi connectivity index (χ2n) is 10.9. The molecule has 3 atom stereocenters. The number of benzene rings is 2. The van der Waals surface area contributed by atoms with E-state index in [4.69, 9.17) is 0 Å². The van der Waals surface area contributed by atoms with E-state index in [1.165, 1.54) is 28.2 Å². The van der Waals surface area contributed by atoms with Crippen molar-refractivity contribution < 1.29 is 14.8 Å². The van der Waals surface area contributed by atoms with Crippen LogP contribution in [0, 0.1) is 5.92 Å². The van der Waals surface area contributed by atoms with Crippen molar-refractivity contribution in [1.29, 1.82) is 0 Å². The molecule has 2 aromatic carbocycles. The van der Waals surface area contributed by atoms with Gasteiger partial charge in [0.1, 0.15) is 7.05 Å². The molecule has 2 aromatic rings. The van der Waals surface area contributed by atoms with Gasteiger partial charge in [-0.15, -0.1) is 5.76 Å². The van der Waals surface area contributed by atoms with Crippen molar-refractivity contribution in [2.45, 2.75) is 63.5 Å². The first-order valence-corrected chi connectivity index (χ1v) is 11.7. The second kappa shape index (κ2) is 6.95. The number of hydrogen-bond acceptors (Lipinski definition) is 3. The first-order valence-electron chi connectivity index (χ1n) is 11.7. The Bertz CT molecular complexity index is 1160. The number of likely N-dealkylation sites (N-methyl/N-ethyl adjacent to an activating group) is 1. The number of anilines is 1. The molecule has 0 spiro atoms. The van der Waals surface area contributed by atoms with E-state index in [9.17, 15) is 10.2 Å². The summed E-state index contributed by atoms with van der Waals surface area (Å²) in [7, 11) is 4.19. The molecule has 0 saturated carbocycles. The molecule has 3 unspecified atom stereocenters. The van der Waals surface area contributed by atoms with Gasteiger partial charge in [-0.2, -0.15) is 0 Å². The maximum Gasteiger partial charge on any atom is 0.209 e. The first-order chi connectivity index (χ1) is 15.1. The van der Waals surface area contributed by atoms with Gasteiger partial charge in [-0.05, 0) is 31.9 Å². The third-order valence-electron chi connectivity index (χ3n) is 8.56. The van der Waals surface area contributed by atoms with Crippen LogP contribution in [0.5, 0.6) is 0 Å². The van der Waals surface area contributed by atoms with Crippen LogP contribution in [0.4, 0.5) is 11.4 Å². The minimum atomic E-state index is -0.657. The smallest absolute Gasteiger partial charge is 0.209 e. The predicted molar refractivity (Wildman–Crippen MR) is 128 cm³/mol. The minimum absolute atomic E-state index is 0.0759. The highest BCUT2D eigenvalue weighted by molar-refractivity contribution is 5.95. The van der Waals surface area contributed by atoms with Crippen molar-refractivity contribution in [3.8, 4) is 0 Å². The van der Waals surface area contributed by atoms with Crippen molar-refractivity contribution >= 4 is 17.1 Å². The average molecular weight is 431 g/mol. The van der Waals surface area contributed by atoms with Crippen LogP contribution in [0.25, 0.3) is 0 Å². The Morgan fingerprint density at radius 1 is 0.969 bits per heavy atom. The first kappa shape index (κ1) is 21.3. The molecule has 4 heteroatoms. The molecular formula is C28H34N2O2. The van der Waals surface area contributed by atoms with Gasteiger partial charge in [-0.3, -0.25) is 0 Å². The molecule has 32 heavy (non-hydrogen) atoms. The van der Waals surface area contributed by atoms with Gasteiger partial charge in [0.05, 0.1) is 11.5 Å². The summed E-state index contributed by atoms with van der Waals surface area (Å²) in [5.41, 5.74) is 6.71. The highest BCUT2D eigenvalue weighted by Crippen LogP contribution is 2.49. The van der Waals surface area contributed by atoms with Crippen molar-refractivity contribution in [3.05, 3.63) is 71.0 Å². The summed E-state index contributed by atoms with van der Waals surface area (Å²) in [6.45, 7) is 8.93. The van der Waals surface area contributed by atoms with Gasteiger partial charge in [-0.25, -0.2) is 4.58 Å². The Labute approximate surface area is 191 Å². The van der Waals surface area contributed by atoms with E-state index < -0.39 is 6.10 Å². The van der Waals surface area contributed by atoms with Gasteiger partial charge in [0.15, 0.2) is 5.71 Å². The molecule has 0 saturated heterocycles. The van der Waals surface area contributed by atoms with Crippen LogP contribution in [0.1, 0.15) is 51.7 Å². The predicted octanol–water partition coefficient (Wildman–Crippen LogP) is 3.87. The van der Waals surface area contributed by atoms with Crippen LogP contribution in [-0.4, -0.2) is 41.6 Å². The maximum absolute atomic E-state index is 13.3. The zero-order valence-corrected chi connectivity index (χ0v) is 20.0. The lowest BCUT2D eigenvalue weighted by Crippen LogP contribution is -2.48. The van der Waals surface area contributed by atoms with Crippen molar-refractivity contribution in [2.24, 2.45) is 5.92 Å². The molecule has 2 aliphatic heterocycles. The van der Waals surface area contributed by atoms with E-state index in [2.05, 4.69) is 99.8 Å². The number of para-hydroxylation sites is 2. The topological polar surface area (TPSA) is 49.5 Å². The molecule has 1 N–H and O–H groups in total. The molecule has 0 bridgehead atoms. The lowest BCUT2D eigenvalue weighted by molar-refractivity contribution is -0.405. The molecule has 4 nitrogen and oxygen atoms in total. The molecule has 0 aromatic heterocycles. The highest BCUT2D eigenvalue weighted by Gasteiger charge is 2.49. The van der Waals surface area contributed by atoms with Gasteiger partial charge in [0, 0.05) is 48.2 Å². The average Bonchev–Trinajstić information content (AvgIpc) is 3.09. The van der Waals surface area contributed by atoms with Crippen LogP contribution < -0.4 is 10.0 Å². The van der Waals surface area contributed by atoms with Gasteiger partial charge in [-0.1, -0.05) is 55.8 Å². The Hall–Kier alpha value is -2.59. The molecule has 168 valence electrons. The van der Waals surface area contributed by atoms with Crippen LogP contribution in [0.3, 0.4) is 0 Å². The molecule has 5 rings (SSSR count). The molecule has 2 heterocycles. The summed E-state index contributed by atoms with van der Waals surface area (Å²) >= 11 is 0. The SMILES string of the molecule is CN1c2ccccc2C(C)(C)C1CC1=C([O-])C(CC2=[N+](C)c3ccccc3C2(C)C)C1O. The molecule has 3 aliphatic rings. The fourth-order valence-electron chi connectivity index (χ4n) is 6.47. The summed E-state index contributed by atoms with van der Waals surface area (Å²) in [6.07, 6.45) is 0.561. The largest absolute Gasteiger partial charge is 0.875 e. The van der Waals surface area contributed by atoms with Crippen LogP contribution in [0.2, 0.25) is 0 Å². The Balaban J connectivity index is 1.39. The van der Waals surface area contributed by atoms with E-state index in [0.29, 0.717) is 18.4 Å². The fraction of sp³-hybridized carbons (Fsp3) is 0.464. The third-order valence-corrected chi connectivity index (χ3v) is 8.56. The van der Waals surface area contributed by atoms with Crippen LogP contribution >= 0.6 is 0 Å². The summed E-state index contributed by atoms with van der Waals surface area (Å²) in [5, 5.41) is 24.4. The van der Waals surface area contributed by atoms with Gasteiger partial charge in [0.25, 0.3) is 0 Å². The van der Waals surface area contributed by atoms with Crippen molar-refractivity contribution in [2.75, 3.05) is 19.0 Å². The normalized spacial score (nSPS) is 27.5. The summed E-state index contributed by atoms with van der Waals surface area (Å²) in [6, 6.07) is 17.1. The van der Waals surface area contributed by atoms with E-state index in [1.54, 1.807) is 0 Å². The van der Waals surface area contributed by atoms with Crippen LogP contribution in [0.15, 0.2) is 59.9 Å². The number of aliphatic hydroxyl groups is 1. The van der Waals surface area contributed by atoms with E-state index >= 15 is 0 Å². The molecule has 1 aliphatic carbocycles. The number of fused-ring (bicyclic) bond motifs is 2. The van der Waals surface area contributed by atoms with Crippen molar-refractivity contribution in [3.63, 3.8) is 0 Å². The van der Waals surface area contributed by atoms with Gasteiger partial charge in [0.2, 0.25) is 5.69 Å². The van der Waals surface area contributed by atoms with Crippen molar-refractivity contribution in [1.82, 2.24) is 0 Å². The summed E-state index contributed by atoms with van der Waals surface area (Å²) in [5.74, 6) is -0.196. The zero-order valence-electron chi connectivity index (χ0n) is 20.0. The van der Waals surface area contributed by atoms with Crippen LogP contribution in [-0.2, 0) is 10.8 Å². The standard InChI is InChI=1S/C28H34N2O2/c1-27(2)19-11-7-9-13-21(19)29(5)23(27)15-17-25(31)18(26(17)32)16-24-28(3,4)20-12-8-10-14-22(20)30(24)6/h7-14,17,24-25,31H,15-16H2,1-6H3. The second-order valence-corrected chi connectivity index (χ2v) is 10.9. The Kier molecular flexibility index (Phi) is 4.62. The number of nitrogens with zero attached hydrogens (tertiary/aromatic N) is 2. The summed E-state index contributed by atoms with van der Waals surface area (Å²) in [4.78, 5) is 2.29. The molecule has 0 radical (unpaired) electrons. The minimum Gasteiger partial charge on any atom is -0.875 e. The molecular weight excluding hydrogens is 396 g/mol. The lowest BCUT2D eigenvalue weighted by atomic mass is 9.69. The van der Waals surface area contributed by atoms with Gasteiger partial charge < -0.3 is 15.1 Å². The van der Waals surface area contributed by atoms with E-state index in [0.717, 1.165) is 0 Å². The zero-order chi connectivity index (χ0) is 23.0. The Morgan fingerprint density at radius 3 is 2.22 bits per heavy atom. The number of hydrogen-bond donors (Lipinski definition) is 1.